The third-order valence-electron chi connectivity index (χ3n) is 2.95. The molecule has 1 aliphatic rings. The smallest absolute Gasteiger partial charge is 0.355 e. The van der Waals surface area contributed by atoms with E-state index in [-0.39, 0.29) is 0 Å². The first-order valence-corrected chi connectivity index (χ1v) is 5.97. The number of rotatable bonds is 2. The second-order valence-corrected chi connectivity index (χ2v) is 5.03. The summed E-state index contributed by atoms with van der Waals surface area (Å²) in [5.41, 5.74) is 1.59. The number of hydrogen-bond donors (Lipinski definition) is 1. The van der Waals surface area contributed by atoms with Gasteiger partial charge in [0.2, 0.25) is 0 Å². The molecule has 0 saturated carbocycles. The highest BCUT2D eigenvalue weighted by atomic mass is 16.6. The standard InChI is InChI=1S/C13H17NO4/c1-5-17-11(15)9-7(2)14-10-8(9)6-13(3,4)18-12(10)16/h14H,5-6H2,1-4H3. The molecular weight excluding hydrogens is 234 g/mol. The average Bonchev–Trinajstić information content (AvgIpc) is 2.53. The number of ether oxygens (including phenoxy) is 2. The number of fused-ring (bicyclic) bond motifs is 1. The first-order valence-electron chi connectivity index (χ1n) is 5.97. The molecule has 0 fully saturated rings. The van der Waals surface area contributed by atoms with Crippen molar-refractivity contribution in [2.24, 2.45) is 0 Å². The summed E-state index contributed by atoms with van der Waals surface area (Å²) in [4.78, 5) is 26.7. The molecule has 5 heteroatoms. The van der Waals surface area contributed by atoms with Gasteiger partial charge in [0.25, 0.3) is 0 Å². The van der Waals surface area contributed by atoms with Gasteiger partial charge in [0.05, 0.1) is 12.2 Å². The first-order chi connectivity index (χ1) is 8.35. The van der Waals surface area contributed by atoms with Crippen LogP contribution in [0.4, 0.5) is 0 Å². The molecule has 2 rings (SSSR count). The molecule has 1 aliphatic heterocycles. The Morgan fingerprint density at radius 1 is 1.50 bits per heavy atom. The van der Waals surface area contributed by atoms with Crippen molar-refractivity contribution in [3.63, 3.8) is 0 Å². The number of hydrogen-bond acceptors (Lipinski definition) is 4. The van der Waals surface area contributed by atoms with E-state index in [0.717, 1.165) is 0 Å². The SMILES string of the molecule is CCOC(=O)c1c(C)[nH]c2c1CC(C)(C)OC2=O. The number of H-pyrrole nitrogens is 1. The van der Waals surface area contributed by atoms with Gasteiger partial charge in [-0.3, -0.25) is 0 Å². The minimum absolute atomic E-state index is 0.312. The van der Waals surface area contributed by atoms with Crippen LogP contribution in [0.2, 0.25) is 0 Å². The zero-order valence-corrected chi connectivity index (χ0v) is 11.0. The Balaban J connectivity index is 2.51. The van der Waals surface area contributed by atoms with E-state index in [0.29, 0.717) is 35.5 Å². The van der Waals surface area contributed by atoms with Crippen LogP contribution in [0.5, 0.6) is 0 Å². The first kappa shape index (κ1) is 12.7. The molecule has 98 valence electrons. The molecule has 0 spiro atoms. The normalized spacial score (nSPS) is 17.0. The largest absolute Gasteiger partial charge is 0.462 e. The van der Waals surface area contributed by atoms with Crippen LogP contribution in [-0.2, 0) is 15.9 Å². The molecule has 0 aromatic carbocycles. The fraction of sp³-hybridized carbons (Fsp3) is 0.538. The highest BCUT2D eigenvalue weighted by Crippen LogP contribution is 2.31. The summed E-state index contributed by atoms with van der Waals surface area (Å²) in [5.74, 6) is -0.808. The Morgan fingerprint density at radius 3 is 2.78 bits per heavy atom. The fourth-order valence-electron chi connectivity index (χ4n) is 2.27. The molecule has 0 amide bonds. The number of aromatic nitrogens is 1. The summed E-state index contributed by atoms with van der Waals surface area (Å²) in [7, 11) is 0. The second kappa shape index (κ2) is 4.15. The zero-order chi connectivity index (χ0) is 13.5. The van der Waals surface area contributed by atoms with Crippen molar-refractivity contribution < 1.29 is 19.1 Å². The van der Waals surface area contributed by atoms with Crippen LogP contribution in [-0.4, -0.2) is 29.1 Å². The Kier molecular flexibility index (Phi) is 2.92. The van der Waals surface area contributed by atoms with E-state index in [1.54, 1.807) is 13.8 Å². The molecule has 5 nitrogen and oxygen atoms in total. The summed E-state index contributed by atoms with van der Waals surface area (Å²) in [6.07, 6.45) is 0.507. The molecular formula is C13H17NO4. The Morgan fingerprint density at radius 2 is 2.17 bits per heavy atom. The van der Waals surface area contributed by atoms with Crippen molar-refractivity contribution in [3.8, 4) is 0 Å². The number of aryl methyl sites for hydroxylation is 1. The molecule has 1 N–H and O–H groups in total. The predicted molar refractivity (Wildman–Crippen MR) is 64.7 cm³/mol. The highest BCUT2D eigenvalue weighted by Gasteiger charge is 2.37. The average molecular weight is 251 g/mol. The summed E-state index contributed by atoms with van der Waals surface area (Å²) < 4.78 is 10.3. The Hall–Kier alpha value is -1.78. The van der Waals surface area contributed by atoms with Gasteiger partial charge in [0.1, 0.15) is 11.3 Å². The number of aromatic amines is 1. The molecule has 18 heavy (non-hydrogen) atoms. The maximum Gasteiger partial charge on any atom is 0.355 e. The van der Waals surface area contributed by atoms with Crippen LogP contribution in [0.3, 0.4) is 0 Å². The Labute approximate surface area is 105 Å². The summed E-state index contributed by atoms with van der Waals surface area (Å²) in [6.45, 7) is 7.47. The number of carbonyl (C=O) groups excluding carboxylic acids is 2. The van der Waals surface area contributed by atoms with Crippen LogP contribution in [0, 0.1) is 6.92 Å². The van der Waals surface area contributed by atoms with E-state index in [1.807, 2.05) is 13.8 Å². The topological polar surface area (TPSA) is 68.4 Å². The molecule has 0 bridgehead atoms. The third-order valence-corrected chi connectivity index (χ3v) is 2.95. The molecule has 2 heterocycles. The van der Waals surface area contributed by atoms with E-state index < -0.39 is 17.5 Å². The van der Waals surface area contributed by atoms with E-state index in [2.05, 4.69) is 4.98 Å². The van der Waals surface area contributed by atoms with Gasteiger partial charge < -0.3 is 14.5 Å². The number of nitrogens with one attached hydrogen (secondary N) is 1. The summed E-state index contributed by atoms with van der Waals surface area (Å²) in [6, 6.07) is 0. The zero-order valence-electron chi connectivity index (χ0n) is 11.0. The molecule has 0 unspecified atom stereocenters. The predicted octanol–water partition coefficient (Wildman–Crippen LogP) is 1.99. The van der Waals surface area contributed by atoms with Crippen LogP contribution in [0.25, 0.3) is 0 Å². The van der Waals surface area contributed by atoms with Gasteiger partial charge in [-0.1, -0.05) is 0 Å². The van der Waals surface area contributed by atoms with Gasteiger partial charge in [0.15, 0.2) is 0 Å². The van der Waals surface area contributed by atoms with Gasteiger partial charge in [-0.2, -0.15) is 0 Å². The van der Waals surface area contributed by atoms with Crippen molar-refractivity contribution in [2.75, 3.05) is 6.61 Å². The van der Waals surface area contributed by atoms with E-state index >= 15 is 0 Å². The molecule has 1 aromatic rings. The van der Waals surface area contributed by atoms with Gasteiger partial charge >= 0.3 is 11.9 Å². The number of esters is 2. The van der Waals surface area contributed by atoms with Gasteiger partial charge in [0, 0.05) is 17.7 Å². The lowest BCUT2D eigenvalue weighted by Crippen LogP contribution is -2.36. The number of cyclic esters (lactones) is 1. The Bertz CT molecular complexity index is 513. The summed E-state index contributed by atoms with van der Waals surface area (Å²) in [5, 5.41) is 0. The van der Waals surface area contributed by atoms with Crippen LogP contribution in [0.1, 0.15) is 52.9 Å². The van der Waals surface area contributed by atoms with E-state index in [4.69, 9.17) is 9.47 Å². The molecule has 0 aliphatic carbocycles. The fourth-order valence-corrected chi connectivity index (χ4v) is 2.27. The molecule has 0 radical (unpaired) electrons. The third kappa shape index (κ3) is 2.00. The van der Waals surface area contributed by atoms with Crippen molar-refractivity contribution in [1.29, 1.82) is 0 Å². The van der Waals surface area contributed by atoms with Crippen molar-refractivity contribution in [3.05, 3.63) is 22.5 Å². The van der Waals surface area contributed by atoms with Crippen LogP contribution >= 0.6 is 0 Å². The van der Waals surface area contributed by atoms with Gasteiger partial charge in [-0.25, -0.2) is 9.59 Å². The van der Waals surface area contributed by atoms with Crippen molar-refractivity contribution >= 4 is 11.9 Å². The highest BCUT2D eigenvalue weighted by molar-refractivity contribution is 5.99. The molecule has 1 aromatic heterocycles. The maximum atomic E-state index is 11.9. The molecule has 0 atom stereocenters. The molecule has 0 saturated heterocycles. The lowest BCUT2D eigenvalue weighted by Gasteiger charge is -2.29. The van der Waals surface area contributed by atoms with Crippen molar-refractivity contribution in [2.45, 2.75) is 39.7 Å². The van der Waals surface area contributed by atoms with E-state index in [9.17, 15) is 9.59 Å². The maximum absolute atomic E-state index is 11.9. The summed E-state index contributed by atoms with van der Waals surface area (Å²) >= 11 is 0. The van der Waals surface area contributed by atoms with Gasteiger partial charge in [-0.05, 0) is 27.7 Å². The monoisotopic (exact) mass is 251 g/mol. The second-order valence-electron chi connectivity index (χ2n) is 5.03. The quantitative estimate of drug-likeness (QED) is 0.816. The number of carbonyl (C=O) groups is 2. The van der Waals surface area contributed by atoms with Crippen molar-refractivity contribution in [1.82, 2.24) is 4.98 Å². The lowest BCUT2D eigenvalue weighted by molar-refractivity contribution is -0.00719. The van der Waals surface area contributed by atoms with Crippen LogP contribution in [0.15, 0.2) is 0 Å². The lowest BCUT2D eigenvalue weighted by atomic mass is 9.92. The minimum Gasteiger partial charge on any atom is -0.462 e. The van der Waals surface area contributed by atoms with Gasteiger partial charge in [-0.15, -0.1) is 0 Å². The van der Waals surface area contributed by atoms with E-state index in [1.165, 1.54) is 0 Å². The minimum atomic E-state index is -0.597. The van der Waals surface area contributed by atoms with Crippen LogP contribution < -0.4 is 0 Å².